The van der Waals surface area contributed by atoms with Crippen molar-refractivity contribution in [1.29, 1.82) is 0 Å². The third-order valence-corrected chi connectivity index (χ3v) is 6.07. The van der Waals surface area contributed by atoms with Crippen molar-refractivity contribution in [3.8, 4) is 0 Å². The van der Waals surface area contributed by atoms with E-state index in [1.807, 2.05) is 26.0 Å². The van der Waals surface area contributed by atoms with E-state index in [1.165, 1.54) is 17.3 Å². The summed E-state index contributed by atoms with van der Waals surface area (Å²) in [5, 5.41) is 2.71. The second-order valence-corrected chi connectivity index (χ2v) is 9.22. The van der Waals surface area contributed by atoms with Gasteiger partial charge in [0.05, 0.1) is 17.5 Å². The quantitative estimate of drug-likeness (QED) is 0.757. The third kappa shape index (κ3) is 4.59. The Morgan fingerprint density at radius 2 is 1.83 bits per heavy atom. The molecule has 0 spiro atoms. The number of benzene rings is 2. The van der Waals surface area contributed by atoms with Crippen LogP contribution >= 0.6 is 0 Å². The number of ether oxygens (including phenoxy) is 1. The lowest BCUT2D eigenvalue weighted by Gasteiger charge is -2.22. The molecule has 3 rings (SSSR count). The maximum Gasteiger partial charge on any atom is 0.338 e. The zero-order chi connectivity index (χ0) is 21.3. The fraction of sp³-hybridized carbons (Fsp3) is 0.333. The van der Waals surface area contributed by atoms with Crippen molar-refractivity contribution in [3.63, 3.8) is 0 Å². The van der Waals surface area contributed by atoms with Gasteiger partial charge in [0.2, 0.25) is 10.0 Å². The number of carbonyl (C=O) groups excluding carboxylic acids is 2. The van der Waals surface area contributed by atoms with Gasteiger partial charge in [-0.05, 0) is 63.1 Å². The first-order chi connectivity index (χ1) is 13.6. The fourth-order valence-corrected chi connectivity index (χ4v) is 4.66. The van der Waals surface area contributed by atoms with Crippen molar-refractivity contribution in [1.82, 2.24) is 0 Å². The Balaban J connectivity index is 1.69. The van der Waals surface area contributed by atoms with Gasteiger partial charge in [0.15, 0.2) is 6.10 Å². The van der Waals surface area contributed by atoms with Crippen LogP contribution in [0.25, 0.3) is 0 Å². The molecule has 1 aliphatic heterocycles. The van der Waals surface area contributed by atoms with Gasteiger partial charge in [-0.3, -0.25) is 9.10 Å². The van der Waals surface area contributed by atoms with Crippen LogP contribution in [-0.4, -0.2) is 38.7 Å². The van der Waals surface area contributed by atoms with Crippen LogP contribution in [0.1, 0.15) is 35.3 Å². The Hall–Kier alpha value is -2.87. The summed E-state index contributed by atoms with van der Waals surface area (Å²) in [4.78, 5) is 24.8. The largest absolute Gasteiger partial charge is 0.449 e. The minimum absolute atomic E-state index is 0.217. The summed E-state index contributed by atoms with van der Waals surface area (Å²) in [6, 6.07) is 11.8. The lowest BCUT2D eigenvalue weighted by molar-refractivity contribution is -0.123. The topological polar surface area (TPSA) is 92.8 Å². The molecular formula is C21H24N2O5S. The molecule has 29 heavy (non-hydrogen) atoms. The van der Waals surface area contributed by atoms with E-state index in [0.717, 1.165) is 17.4 Å². The predicted molar refractivity (Wildman–Crippen MR) is 112 cm³/mol. The SMILES string of the molecule is Cc1ccc(NC(=O)[C@H](C)OC(=O)c2ccc3c(c2)C[C@@H](C)N3S(C)(=O)=O)cc1. The molecule has 0 aliphatic carbocycles. The molecule has 0 fully saturated rings. The van der Waals surface area contributed by atoms with Gasteiger partial charge in [0.25, 0.3) is 5.91 Å². The van der Waals surface area contributed by atoms with Crippen LogP contribution in [0.4, 0.5) is 11.4 Å². The van der Waals surface area contributed by atoms with Crippen molar-refractivity contribution in [3.05, 3.63) is 59.2 Å². The molecule has 0 saturated carbocycles. The van der Waals surface area contributed by atoms with Crippen LogP contribution in [0.5, 0.6) is 0 Å². The molecule has 1 amide bonds. The normalized spacial score (nSPS) is 16.8. The number of amides is 1. The van der Waals surface area contributed by atoms with Crippen molar-refractivity contribution >= 4 is 33.3 Å². The maximum atomic E-state index is 12.5. The monoisotopic (exact) mass is 416 g/mol. The third-order valence-electron chi connectivity index (χ3n) is 4.80. The average molecular weight is 416 g/mol. The highest BCUT2D eigenvalue weighted by atomic mass is 32.2. The highest BCUT2D eigenvalue weighted by Gasteiger charge is 2.33. The number of anilines is 2. The van der Waals surface area contributed by atoms with Gasteiger partial charge in [-0.2, -0.15) is 0 Å². The standard InChI is InChI=1S/C21H24N2O5S/c1-13-5-8-18(9-6-13)22-20(24)15(3)28-21(25)16-7-10-19-17(12-16)11-14(2)23(19)29(4,26)27/h5-10,12,14-15H,11H2,1-4H3,(H,22,24)/t14-,15+/m1/s1. The van der Waals surface area contributed by atoms with Crippen molar-refractivity contribution in [2.24, 2.45) is 0 Å². The van der Waals surface area contributed by atoms with Crippen molar-refractivity contribution in [2.45, 2.75) is 39.3 Å². The summed E-state index contributed by atoms with van der Waals surface area (Å²) < 4.78 is 30.7. The molecule has 0 aromatic heterocycles. The van der Waals surface area contributed by atoms with E-state index in [1.54, 1.807) is 24.3 Å². The van der Waals surface area contributed by atoms with E-state index >= 15 is 0 Å². The molecule has 0 unspecified atom stereocenters. The number of fused-ring (bicyclic) bond motifs is 1. The molecular weight excluding hydrogens is 392 g/mol. The number of hydrogen-bond acceptors (Lipinski definition) is 5. The Morgan fingerprint density at radius 3 is 2.45 bits per heavy atom. The molecule has 0 saturated heterocycles. The number of sulfonamides is 1. The summed E-state index contributed by atoms with van der Waals surface area (Å²) in [5.74, 6) is -1.06. The molecule has 0 radical (unpaired) electrons. The van der Waals surface area contributed by atoms with Crippen LogP contribution in [0.3, 0.4) is 0 Å². The number of nitrogens with zero attached hydrogens (tertiary/aromatic N) is 1. The predicted octanol–water partition coefficient (Wildman–Crippen LogP) is 2.89. The molecule has 1 aliphatic rings. The number of rotatable bonds is 5. The number of carbonyl (C=O) groups is 2. The Bertz CT molecular complexity index is 1050. The second kappa shape index (κ2) is 7.87. The minimum atomic E-state index is -3.40. The van der Waals surface area contributed by atoms with Crippen molar-refractivity contribution < 1.29 is 22.7 Å². The van der Waals surface area contributed by atoms with E-state index in [2.05, 4.69) is 5.32 Å². The Labute approximate surface area is 170 Å². The maximum absolute atomic E-state index is 12.5. The molecule has 0 bridgehead atoms. The molecule has 1 N–H and O–H groups in total. The average Bonchev–Trinajstić information content (AvgIpc) is 2.98. The molecule has 1 heterocycles. The smallest absolute Gasteiger partial charge is 0.338 e. The lowest BCUT2D eigenvalue weighted by Crippen LogP contribution is -2.34. The molecule has 2 aromatic carbocycles. The van der Waals surface area contributed by atoms with Crippen molar-refractivity contribution in [2.75, 3.05) is 15.9 Å². The summed E-state index contributed by atoms with van der Waals surface area (Å²) in [6.45, 7) is 5.27. The summed E-state index contributed by atoms with van der Waals surface area (Å²) >= 11 is 0. The van der Waals surface area contributed by atoms with Crippen LogP contribution in [0, 0.1) is 6.92 Å². The summed E-state index contributed by atoms with van der Waals surface area (Å²) in [5.41, 5.74) is 3.30. The number of hydrogen-bond donors (Lipinski definition) is 1. The van der Waals surface area contributed by atoms with E-state index in [0.29, 0.717) is 17.8 Å². The zero-order valence-electron chi connectivity index (χ0n) is 16.8. The molecule has 154 valence electrons. The van der Waals surface area contributed by atoms with Crippen LogP contribution in [-0.2, 0) is 26.0 Å². The highest BCUT2D eigenvalue weighted by molar-refractivity contribution is 7.92. The number of nitrogens with one attached hydrogen (secondary N) is 1. The van der Waals surface area contributed by atoms with E-state index < -0.39 is 28.0 Å². The van der Waals surface area contributed by atoms with Crippen LogP contribution in [0.15, 0.2) is 42.5 Å². The van der Waals surface area contributed by atoms with E-state index in [-0.39, 0.29) is 11.6 Å². The van der Waals surface area contributed by atoms with Gasteiger partial charge in [-0.25, -0.2) is 13.2 Å². The van der Waals surface area contributed by atoms with Gasteiger partial charge >= 0.3 is 5.97 Å². The minimum Gasteiger partial charge on any atom is -0.449 e. The van der Waals surface area contributed by atoms with Gasteiger partial charge < -0.3 is 10.1 Å². The van der Waals surface area contributed by atoms with Gasteiger partial charge in [0, 0.05) is 11.7 Å². The van der Waals surface area contributed by atoms with Crippen LogP contribution < -0.4 is 9.62 Å². The second-order valence-electron chi connectivity index (χ2n) is 7.36. The molecule has 2 atom stereocenters. The van der Waals surface area contributed by atoms with Crippen LogP contribution in [0.2, 0.25) is 0 Å². The number of aryl methyl sites for hydroxylation is 1. The first-order valence-electron chi connectivity index (χ1n) is 9.27. The van der Waals surface area contributed by atoms with Gasteiger partial charge in [-0.1, -0.05) is 17.7 Å². The molecule has 8 heteroatoms. The lowest BCUT2D eigenvalue weighted by atomic mass is 10.1. The fourth-order valence-electron chi connectivity index (χ4n) is 3.40. The molecule has 2 aromatic rings. The van der Waals surface area contributed by atoms with Gasteiger partial charge in [0.1, 0.15) is 0 Å². The summed E-state index contributed by atoms with van der Waals surface area (Å²) in [6.07, 6.45) is 0.686. The van der Waals surface area contributed by atoms with E-state index in [9.17, 15) is 18.0 Å². The Morgan fingerprint density at radius 1 is 1.17 bits per heavy atom. The first-order valence-corrected chi connectivity index (χ1v) is 11.1. The Kier molecular flexibility index (Phi) is 5.66. The highest BCUT2D eigenvalue weighted by Crippen LogP contribution is 2.34. The zero-order valence-corrected chi connectivity index (χ0v) is 17.6. The summed E-state index contributed by atoms with van der Waals surface area (Å²) in [7, 11) is -3.40. The van der Waals surface area contributed by atoms with E-state index in [4.69, 9.17) is 4.74 Å². The van der Waals surface area contributed by atoms with Gasteiger partial charge in [-0.15, -0.1) is 0 Å². The number of esters is 1. The molecule has 7 nitrogen and oxygen atoms in total. The first kappa shape index (κ1) is 20.9.